The SMILES string of the molecule is COc1ncnc(OC2CC2)c1-c1c[nH]c2nc(NC(=O)[C@@H]3C[C@H]3CN3CCN(C)CC3)ccc12.[HH].[HH]. The molecule has 2 aliphatic carbocycles. The van der Waals surface area contributed by atoms with Gasteiger partial charge in [-0.2, -0.15) is 0 Å². The van der Waals surface area contributed by atoms with Crippen LogP contribution in [0.3, 0.4) is 0 Å². The van der Waals surface area contributed by atoms with Crippen molar-refractivity contribution in [3.05, 3.63) is 24.7 Å². The normalized spacial score (nSPS) is 22.8. The molecule has 6 rings (SSSR count). The van der Waals surface area contributed by atoms with Gasteiger partial charge in [-0.3, -0.25) is 4.79 Å². The molecule has 0 unspecified atom stereocenters. The maximum atomic E-state index is 12.8. The van der Waals surface area contributed by atoms with Gasteiger partial charge in [0.25, 0.3) is 0 Å². The highest BCUT2D eigenvalue weighted by molar-refractivity contribution is 5.99. The van der Waals surface area contributed by atoms with Gasteiger partial charge in [0, 0.05) is 58.6 Å². The number of nitrogens with zero attached hydrogens (tertiary/aromatic N) is 5. The summed E-state index contributed by atoms with van der Waals surface area (Å²) in [5.41, 5.74) is 2.23. The van der Waals surface area contributed by atoms with E-state index in [1.807, 2.05) is 18.3 Å². The maximum Gasteiger partial charge on any atom is 0.228 e. The first-order valence-electron chi connectivity index (χ1n) is 12.3. The topological polar surface area (TPSA) is 108 Å². The number of nitrogens with one attached hydrogen (secondary N) is 2. The quantitative estimate of drug-likeness (QED) is 0.506. The second-order valence-corrected chi connectivity index (χ2v) is 9.87. The first-order chi connectivity index (χ1) is 17.1. The molecular formula is C25H35N7O3. The number of carbonyl (C=O) groups is 1. The van der Waals surface area contributed by atoms with Crippen molar-refractivity contribution in [2.75, 3.05) is 52.2 Å². The van der Waals surface area contributed by atoms with Crippen molar-refractivity contribution in [1.29, 1.82) is 0 Å². The van der Waals surface area contributed by atoms with Gasteiger partial charge in [0.05, 0.1) is 7.11 Å². The van der Waals surface area contributed by atoms with Crippen LogP contribution in [0.25, 0.3) is 22.2 Å². The molecule has 0 spiro atoms. The van der Waals surface area contributed by atoms with Crippen LogP contribution < -0.4 is 14.8 Å². The highest BCUT2D eigenvalue weighted by atomic mass is 16.5. The molecule has 0 bridgehead atoms. The van der Waals surface area contributed by atoms with E-state index in [0.717, 1.165) is 62.9 Å². The van der Waals surface area contributed by atoms with E-state index in [-0.39, 0.29) is 20.8 Å². The maximum absolute atomic E-state index is 12.8. The van der Waals surface area contributed by atoms with E-state index in [1.54, 1.807) is 7.11 Å². The molecule has 2 saturated carbocycles. The number of piperazine rings is 1. The lowest BCUT2D eigenvalue weighted by Crippen LogP contribution is -2.45. The van der Waals surface area contributed by atoms with E-state index < -0.39 is 0 Å². The molecule has 1 aliphatic heterocycles. The van der Waals surface area contributed by atoms with Crippen LogP contribution in [0.15, 0.2) is 24.7 Å². The fraction of sp³-hybridized carbons (Fsp3) is 0.520. The van der Waals surface area contributed by atoms with Gasteiger partial charge in [0.15, 0.2) is 0 Å². The highest BCUT2D eigenvalue weighted by Crippen LogP contribution is 2.42. The lowest BCUT2D eigenvalue weighted by Gasteiger charge is -2.32. The van der Waals surface area contributed by atoms with Crippen LogP contribution in [0, 0.1) is 11.8 Å². The Morgan fingerprint density at radius 3 is 2.77 bits per heavy atom. The number of aromatic nitrogens is 4. The van der Waals surface area contributed by atoms with E-state index >= 15 is 0 Å². The van der Waals surface area contributed by atoms with Crippen LogP contribution in [-0.2, 0) is 4.79 Å². The molecule has 0 radical (unpaired) electrons. The molecule has 188 valence electrons. The first-order valence-corrected chi connectivity index (χ1v) is 12.3. The third-order valence-corrected chi connectivity index (χ3v) is 7.18. The van der Waals surface area contributed by atoms with Gasteiger partial charge < -0.3 is 29.6 Å². The Labute approximate surface area is 207 Å². The zero-order chi connectivity index (χ0) is 23.9. The summed E-state index contributed by atoms with van der Waals surface area (Å²) in [5, 5.41) is 3.90. The molecule has 2 N–H and O–H groups in total. The van der Waals surface area contributed by atoms with Crippen molar-refractivity contribution < 1.29 is 17.1 Å². The van der Waals surface area contributed by atoms with Crippen molar-refractivity contribution in [3.63, 3.8) is 0 Å². The van der Waals surface area contributed by atoms with E-state index in [1.165, 1.54) is 6.33 Å². The molecule has 1 amide bonds. The van der Waals surface area contributed by atoms with Crippen LogP contribution in [0.5, 0.6) is 11.8 Å². The van der Waals surface area contributed by atoms with Gasteiger partial charge >= 0.3 is 0 Å². The number of hydrogen-bond acceptors (Lipinski definition) is 8. The van der Waals surface area contributed by atoms with Crippen LogP contribution in [-0.4, -0.2) is 88.6 Å². The molecule has 1 saturated heterocycles. The summed E-state index contributed by atoms with van der Waals surface area (Å²) in [6.07, 6.45) is 6.52. The average Bonchev–Trinajstić information content (AvgIpc) is 3.79. The van der Waals surface area contributed by atoms with Crippen molar-refractivity contribution >= 4 is 22.8 Å². The smallest absolute Gasteiger partial charge is 0.228 e. The average molecular weight is 482 g/mol. The number of fused-ring (bicyclic) bond motifs is 1. The fourth-order valence-corrected chi connectivity index (χ4v) is 4.81. The van der Waals surface area contributed by atoms with Gasteiger partial charge in [0.1, 0.15) is 29.5 Å². The largest absolute Gasteiger partial charge is 0.480 e. The van der Waals surface area contributed by atoms with Gasteiger partial charge in [-0.1, -0.05) is 0 Å². The molecular weight excluding hydrogens is 446 g/mol. The molecule has 2 atom stereocenters. The van der Waals surface area contributed by atoms with Crippen LogP contribution in [0.2, 0.25) is 0 Å². The first kappa shape index (κ1) is 22.2. The number of ether oxygens (including phenoxy) is 2. The van der Waals surface area contributed by atoms with E-state index in [9.17, 15) is 4.79 Å². The fourth-order valence-electron chi connectivity index (χ4n) is 4.81. The number of pyridine rings is 1. The molecule has 3 aliphatic rings. The van der Waals surface area contributed by atoms with E-state index in [2.05, 4.69) is 42.1 Å². The summed E-state index contributed by atoms with van der Waals surface area (Å²) in [5.74, 6) is 2.08. The van der Waals surface area contributed by atoms with E-state index in [0.29, 0.717) is 34.7 Å². The molecule has 3 aromatic rings. The van der Waals surface area contributed by atoms with Crippen molar-refractivity contribution in [1.82, 2.24) is 29.7 Å². The Bertz CT molecular complexity index is 1240. The molecule has 3 aromatic heterocycles. The minimum atomic E-state index is 0. The lowest BCUT2D eigenvalue weighted by molar-refractivity contribution is -0.117. The number of likely N-dealkylation sites (N-methyl/N-ethyl adjacent to an activating group) is 1. The summed E-state index contributed by atoms with van der Waals surface area (Å²) in [6, 6.07) is 3.79. The van der Waals surface area contributed by atoms with Gasteiger partial charge in [-0.15, -0.1) is 0 Å². The van der Waals surface area contributed by atoms with Crippen molar-refractivity contribution in [2.45, 2.75) is 25.4 Å². The predicted molar refractivity (Wildman–Crippen MR) is 136 cm³/mol. The molecule has 35 heavy (non-hydrogen) atoms. The minimum absolute atomic E-state index is 0. The number of hydrogen-bond donors (Lipinski definition) is 2. The monoisotopic (exact) mass is 481 g/mol. The third-order valence-electron chi connectivity index (χ3n) is 7.18. The lowest BCUT2D eigenvalue weighted by atomic mass is 10.1. The molecule has 4 heterocycles. The number of anilines is 1. The highest BCUT2D eigenvalue weighted by Gasteiger charge is 2.44. The Morgan fingerprint density at radius 1 is 1.20 bits per heavy atom. The summed E-state index contributed by atoms with van der Waals surface area (Å²) >= 11 is 0. The van der Waals surface area contributed by atoms with Gasteiger partial charge in [-0.25, -0.2) is 15.0 Å². The number of methoxy groups -OCH3 is 1. The second-order valence-electron chi connectivity index (χ2n) is 9.87. The summed E-state index contributed by atoms with van der Waals surface area (Å²) in [6.45, 7) is 5.37. The van der Waals surface area contributed by atoms with Crippen LogP contribution in [0.4, 0.5) is 5.82 Å². The van der Waals surface area contributed by atoms with Crippen LogP contribution >= 0.6 is 0 Å². The Balaban J connectivity index is 0.00000160. The molecule has 10 nitrogen and oxygen atoms in total. The summed E-state index contributed by atoms with van der Waals surface area (Å²) in [4.78, 5) is 34.2. The Kier molecular flexibility index (Phi) is 5.77. The third kappa shape index (κ3) is 4.68. The Hall–Kier alpha value is -3.24. The van der Waals surface area contributed by atoms with Gasteiger partial charge in [0.2, 0.25) is 17.7 Å². The number of amides is 1. The van der Waals surface area contributed by atoms with Crippen LogP contribution in [0.1, 0.15) is 22.1 Å². The van der Waals surface area contributed by atoms with Gasteiger partial charge in [-0.05, 0) is 44.4 Å². The zero-order valence-electron chi connectivity index (χ0n) is 20.2. The second kappa shape index (κ2) is 9.09. The molecule has 3 fully saturated rings. The number of rotatable bonds is 8. The molecule has 10 heteroatoms. The Morgan fingerprint density at radius 2 is 2.00 bits per heavy atom. The number of aromatic amines is 1. The standard InChI is InChI=1S/C25H31N7O3.2H2/c1-31-7-9-32(10-8-31)13-15-11-18(15)23(33)30-20-6-5-17-19(12-26-22(17)29-20)21-24(34-2)27-14-28-25(21)35-16-3-4-16;;/h5-6,12,14-16,18H,3-4,7-11,13H2,1-2H3,(H2,26,29,30,33);2*1H/t15-,18+;;/m0../s1. The summed E-state index contributed by atoms with van der Waals surface area (Å²) < 4.78 is 11.5. The van der Waals surface area contributed by atoms with Crippen molar-refractivity contribution in [3.8, 4) is 22.9 Å². The molecule has 0 aromatic carbocycles. The minimum Gasteiger partial charge on any atom is -0.480 e. The van der Waals surface area contributed by atoms with E-state index in [4.69, 9.17) is 9.47 Å². The predicted octanol–water partition coefficient (Wildman–Crippen LogP) is 2.88. The number of H-pyrrole nitrogens is 1. The van der Waals surface area contributed by atoms with Crippen molar-refractivity contribution in [2.24, 2.45) is 11.8 Å². The summed E-state index contributed by atoms with van der Waals surface area (Å²) in [7, 11) is 3.75. The number of carbonyl (C=O) groups excluding carboxylic acids is 1. The zero-order valence-corrected chi connectivity index (χ0v) is 20.2.